The normalized spacial score (nSPS) is 17.1. The van der Waals surface area contributed by atoms with Gasteiger partial charge >= 0.3 is 0 Å². The zero-order valence-electron chi connectivity index (χ0n) is 14.8. The molecule has 148 valence electrons. The first-order valence-corrected chi connectivity index (χ1v) is 8.44. The van der Waals surface area contributed by atoms with Crippen molar-refractivity contribution in [1.82, 2.24) is 15.6 Å². The van der Waals surface area contributed by atoms with Crippen molar-refractivity contribution < 1.29 is 9.59 Å². The van der Waals surface area contributed by atoms with Gasteiger partial charge in [-0.3, -0.25) is 9.59 Å². The number of rotatable bonds is 6. The molecule has 1 aromatic heterocycles. The van der Waals surface area contributed by atoms with Crippen LogP contribution in [-0.2, 0) is 9.59 Å². The first-order valence-electron chi connectivity index (χ1n) is 8.06. The van der Waals surface area contributed by atoms with Gasteiger partial charge in [0.2, 0.25) is 11.8 Å². The SMILES string of the molecule is CC(C)[C@H](N)C(=O)NCC(=O)NC1CCN(c2ncccc2Cl)C1.Cl.Cl. The summed E-state index contributed by atoms with van der Waals surface area (Å²) in [6.45, 7) is 5.06. The highest BCUT2D eigenvalue weighted by atomic mass is 35.5. The first kappa shape index (κ1) is 24.7. The summed E-state index contributed by atoms with van der Waals surface area (Å²) < 4.78 is 0. The molecule has 0 aromatic carbocycles. The van der Waals surface area contributed by atoms with Gasteiger partial charge in [0.1, 0.15) is 5.82 Å². The van der Waals surface area contributed by atoms with Crippen LogP contribution in [0.2, 0.25) is 5.02 Å². The van der Waals surface area contributed by atoms with Crippen LogP contribution in [0.4, 0.5) is 5.82 Å². The number of hydrogen-bond donors (Lipinski definition) is 3. The molecule has 4 N–H and O–H groups in total. The van der Waals surface area contributed by atoms with Crippen molar-refractivity contribution in [1.29, 1.82) is 0 Å². The lowest BCUT2D eigenvalue weighted by atomic mass is 10.1. The summed E-state index contributed by atoms with van der Waals surface area (Å²) in [4.78, 5) is 30.1. The van der Waals surface area contributed by atoms with Gasteiger partial charge in [-0.05, 0) is 24.5 Å². The smallest absolute Gasteiger partial charge is 0.239 e. The Kier molecular flexibility index (Phi) is 10.9. The number of amides is 2. The number of pyridine rings is 1. The molecule has 0 bridgehead atoms. The second kappa shape index (κ2) is 11.4. The fourth-order valence-electron chi connectivity index (χ4n) is 2.55. The lowest BCUT2D eigenvalue weighted by Crippen LogP contribution is -2.48. The number of nitrogens with two attached hydrogens (primary N) is 1. The molecule has 2 rings (SSSR count). The van der Waals surface area contributed by atoms with E-state index in [4.69, 9.17) is 17.3 Å². The van der Waals surface area contributed by atoms with Crippen LogP contribution in [0.15, 0.2) is 18.3 Å². The van der Waals surface area contributed by atoms with Crippen molar-refractivity contribution >= 4 is 54.0 Å². The molecule has 0 aliphatic carbocycles. The van der Waals surface area contributed by atoms with Crippen molar-refractivity contribution in [2.45, 2.75) is 32.4 Å². The molecule has 2 amide bonds. The minimum absolute atomic E-state index is 0. The second-order valence-corrected chi connectivity index (χ2v) is 6.70. The number of nitrogens with zero attached hydrogens (tertiary/aromatic N) is 2. The van der Waals surface area contributed by atoms with E-state index in [1.165, 1.54) is 0 Å². The molecule has 1 saturated heterocycles. The molecule has 10 heteroatoms. The summed E-state index contributed by atoms with van der Waals surface area (Å²) in [6.07, 6.45) is 2.50. The Labute approximate surface area is 171 Å². The van der Waals surface area contributed by atoms with E-state index in [0.29, 0.717) is 11.6 Å². The lowest BCUT2D eigenvalue weighted by molar-refractivity contribution is -0.127. The summed E-state index contributed by atoms with van der Waals surface area (Å²) in [6, 6.07) is 2.98. The zero-order valence-corrected chi connectivity index (χ0v) is 17.2. The highest BCUT2D eigenvalue weighted by molar-refractivity contribution is 6.32. The maximum absolute atomic E-state index is 12.0. The molecule has 1 unspecified atom stereocenters. The number of halogens is 3. The fraction of sp³-hybridized carbons (Fsp3) is 0.562. The van der Waals surface area contributed by atoms with E-state index in [9.17, 15) is 9.59 Å². The Hall–Kier alpha value is -1.28. The zero-order chi connectivity index (χ0) is 17.7. The Bertz CT molecular complexity index is 603. The van der Waals surface area contributed by atoms with Crippen LogP contribution < -0.4 is 21.3 Å². The van der Waals surface area contributed by atoms with Gasteiger partial charge in [-0.25, -0.2) is 4.98 Å². The molecule has 0 radical (unpaired) electrons. The summed E-state index contributed by atoms with van der Waals surface area (Å²) in [7, 11) is 0. The molecule has 1 aliphatic rings. The predicted molar refractivity (Wildman–Crippen MR) is 108 cm³/mol. The minimum Gasteiger partial charge on any atom is -0.353 e. The van der Waals surface area contributed by atoms with Crippen LogP contribution in [-0.4, -0.2) is 48.5 Å². The van der Waals surface area contributed by atoms with Crippen molar-refractivity contribution in [2.75, 3.05) is 24.5 Å². The van der Waals surface area contributed by atoms with Crippen LogP contribution in [0.5, 0.6) is 0 Å². The Balaban J connectivity index is 0.00000312. The van der Waals surface area contributed by atoms with Crippen molar-refractivity contribution in [2.24, 2.45) is 11.7 Å². The van der Waals surface area contributed by atoms with Crippen LogP contribution in [0, 0.1) is 5.92 Å². The molecule has 0 saturated carbocycles. The molecule has 2 heterocycles. The standard InChI is InChI=1S/C16H24ClN5O2.2ClH/c1-10(2)14(18)16(24)20-8-13(23)21-11-5-7-22(9-11)15-12(17)4-3-6-19-15;;/h3-4,6,10-11,14H,5,7-9,18H2,1-2H3,(H,20,24)(H,21,23);2*1H/t11?,14-;;/m0../s1. The van der Waals surface area contributed by atoms with Gasteiger partial charge in [-0.1, -0.05) is 25.4 Å². The summed E-state index contributed by atoms with van der Waals surface area (Å²) >= 11 is 6.15. The number of anilines is 1. The number of hydrogen-bond acceptors (Lipinski definition) is 5. The molecule has 26 heavy (non-hydrogen) atoms. The summed E-state index contributed by atoms with van der Waals surface area (Å²) in [5.41, 5.74) is 5.74. The van der Waals surface area contributed by atoms with E-state index >= 15 is 0 Å². The third-order valence-corrected chi connectivity index (χ3v) is 4.33. The monoisotopic (exact) mass is 425 g/mol. The fourth-order valence-corrected chi connectivity index (χ4v) is 2.79. The van der Waals surface area contributed by atoms with Crippen LogP contribution >= 0.6 is 36.4 Å². The van der Waals surface area contributed by atoms with Gasteiger partial charge in [0.25, 0.3) is 0 Å². The largest absolute Gasteiger partial charge is 0.353 e. The highest BCUT2D eigenvalue weighted by Crippen LogP contribution is 2.25. The van der Waals surface area contributed by atoms with Crippen LogP contribution in [0.3, 0.4) is 0 Å². The quantitative estimate of drug-likeness (QED) is 0.638. The van der Waals surface area contributed by atoms with E-state index < -0.39 is 6.04 Å². The lowest BCUT2D eigenvalue weighted by Gasteiger charge is -2.19. The van der Waals surface area contributed by atoms with Gasteiger partial charge in [-0.15, -0.1) is 24.8 Å². The van der Waals surface area contributed by atoms with E-state index in [0.717, 1.165) is 18.8 Å². The number of nitrogens with one attached hydrogen (secondary N) is 2. The molecule has 7 nitrogen and oxygen atoms in total. The Morgan fingerprint density at radius 1 is 1.42 bits per heavy atom. The van der Waals surface area contributed by atoms with Gasteiger partial charge in [0.05, 0.1) is 17.6 Å². The molecular formula is C16H26Cl3N5O2. The third kappa shape index (κ3) is 6.79. The Morgan fingerprint density at radius 3 is 2.73 bits per heavy atom. The second-order valence-electron chi connectivity index (χ2n) is 6.30. The minimum atomic E-state index is -0.605. The number of aromatic nitrogens is 1. The highest BCUT2D eigenvalue weighted by Gasteiger charge is 2.26. The third-order valence-electron chi connectivity index (χ3n) is 4.04. The maximum atomic E-state index is 12.0. The maximum Gasteiger partial charge on any atom is 0.239 e. The number of carbonyl (C=O) groups is 2. The van der Waals surface area contributed by atoms with Crippen molar-refractivity contribution in [3.05, 3.63) is 23.4 Å². The first-order chi connectivity index (χ1) is 11.4. The van der Waals surface area contributed by atoms with Gasteiger partial charge in [0.15, 0.2) is 0 Å². The van der Waals surface area contributed by atoms with E-state index in [1.807, 2.05) is 18.7 Å². The molecule has 1 aromatic rings. The molecular weight excluding hydrogens is 401 g/mol. The summed E-state index contributed by atoms with van der Waals surface area (Å²) in [5, 5.41) is 6.08. The molecule has 2 atom stereocenters. The predicted octanol–water partition coefficient (Wildman–Crippen LogP) is 1.37. The summed E-state index contributed by atoms with van der Waals surface area (Å²) in [5.74, 6) is 0.221. The van der Waals surface area contributed by atoms with Gasteiger partial charge < -0.3 is 21.3 Å². The average molecular weight is 427 g/mol. The molecule has 1 fully saturated rings. The van der Waals surface area contributed by atoms with Gasteiger partial charge in [-0.2, -0.15) is 0 Å². The topological polar surface area (TPSA) is 100 Å². The Morgan fingerprint density at radius 2 is 2.12 bits per heavy atom. The van der Waals surface area contributed by atoms with Crippen molar-refractivity contribution in [3.8, 4) is 0 Å². The molecule has 1 aliphatic heterocycles. The van der Waals surface area contributed by atoms with Crippen molar-refractivity contribution in [3.63, 3.8) is 0 Å². The number of carbonyl (C=O) groups excluding carboxylic acids is 2. The van der Waals surface area contributed by atoms with E-state index in [-0.39, 0.29) is 55.1 Å². The average Bonchev–Trinajstić information content (AvgIpc) is 3.00. The van der Waals surface area contributed by atoms with Crippen LogP contribution in [0.1, 0.15) is 20.3 Å². The van der Waals surface area contributed by atoms with E-state index in [2.05, 4.69) is 15.6 Å². The van der Waals surface area contributed by atoms with Crippen LogP contribution in [0.25, 0.3) is 0 Å². The molecule has 0 spiro atoms. The van der Waals surface area contributed by atoms with E-state index in [1.54, 1.807) is 18.3 Å². The van der Waals surface area contributed by atoms with Gasteiger partial charge in [0, 0.05) is 25.3 Å².